The van der Waals surface area contributed by atoms with Crippen LogP contribution in [0.25, 0.3) is 10.1 Å². The summed E-state index contributed by atoms with van der Waals surface area (Å²) >= 11 is 1.56. The summed E-state index contributed by atoms with van der Waals surface area (Å²) in [5.74, 6) is 0. The molecule has 0 unspecified atom stereocenters. The Morgan fingerprint density at radius 2 is 2.35 bits per heavy atom. The summed E-state index contributed by atoms with van der Waals surface area (Å²) in [6.45, 7) is 3.81. The van der Waals surface area contributed by atoms with Gasteiger partial charge < -0.3 is 9.47 Å². The van der Waals surface area contributed by atoms with E-state index in [4.69, 9.17) is 9.47 Å². The molecule has 0 aliphatic heterocycles. The van der Waals surface area contributed by atoms with Gasteiger partial charge in [-0.1, -0.05) is 0 Å². The highest BCUT2D eigenvalue weighted by atomic mass is 32.1. The van der Waals surface area contributed by atoms with Crippen LogP contribution in [0.15, 0.2) is 24.5 Å². The molecule has 0 spiro atoms. The fraction of sp³-hybridized carbons (Fsp3) is 0.333. The zero-order valence-corrected chi connectivity index (χ0v) is 10.5. The number of hydrogen-bond donors (Lipinski definition) is 0. The molecule has 4 nitrogen and oxygen atoms in total. The van der Waals surface area contributed by atoms with E-state index in [1.807, 2.05) is 12.1 Å². The zero-order chi connectivity index (χ0) is 12.3. The summed E-state index contributed by atoms with van der Waals surface area (Å²) in [5, 5.41) is 1.11. The molecule has 2 aromatic heterocycles. The van der Waals surface area contributed by atoms with Crippen LogP contribution in [0.4, 0.5) is 4.79 Å². The third-order valence-corrected chi connectivity index (χ3v) is 3.10. The van der Waals surface area contributed by atoms with Crippen molar-refractivity contribution in [2.75, 3.05) is 0 Å². The SMILES string of the molecule is CC(C)OC(=O)OCc1cc2ccncc2s1. The van der Waals surface area contributed by atoms with Crippen LogP contribution in [0, 0.1) is 0 Å². The van der Waals surface area contributed by atoms with Crippen LogP contribution in [-0.2, 0) is 16.1 Å². The van der Waals surface area contributed by atoms with Crippen molar-refractivity contribution in [3.05, 3.63) is 29.4 Å². The third kappa shape index (κ3) is 3.17. The molecule has 2 heterocycles. The van der Waals surface area contributed by atoms with Crippen molar-refractivity contribution < 1.29 is 14.3 Å². The van der Waals surface area contributed by atoms with Crippen LogP contribution in [-0.4, -0.2) is 17.2 Å². The predicted molar refractivity (Wildman–Crippen MR) is 66.0 cm³/mol. The Kier molecular flexibility index (Phi) is 3.58. The van der Waals surface area contributed by atoms with E-state index in [9.17, 15) is 4.79 Å². The lowest BCUT2D eigenvalue weighted by Crippen LogP contribution is -2.12. The molecule has 5 heteroatoms. The van der Waals surface area contributed by atoms with E-state index >= 15 is 0 Å². The van der Waals surface area contributed by atoms with Crippen LogP contribution in [0.1, 0.15) is 18.7 Å². The molecule has 0 saturated heterocycles. The summed E-state index contributed by atoms with van der Waals surface area (Å²) in [5.41, 5.74) is 0. The van der Waals surface area contributed by atoms with Gasteiger partial charge in [-0.3, -0.25) is 4.98 Å². The number of carbonyl (C=O) groups excluding carboxylic acids is 1. The fourth-order valence-electron chi connectivity index (χ4n) is 1.37. The Hall–Kier alpha value is -1.62. The number of aromatic nitrogens is 1. The second-order valence-electron chi connectivity index (χ2n) is 3.83. The molecule has 0 saturated carbocycles. The van der Waals surface area contributed by atoms with Gasteiger partial charge in [0, 0.05) is 17.3 Å². The van der Waals surface area contributed by atoms with E-state index in [2.05, 4.69) is 4.98 Å². The molecule has 17 heavy (non-hydrogen) atoms. The first-order chi connectivity index (χ1) is 8.15. The molecule has 0 atom stereocenters. The van der Waals surface area contributed by atoms with E-state index in [0.717, 1.165) is 15.0 Å². The molecule has 0 fully saturated rings. The first kappa shape index (κ1) is 11.9. The highest BCUT2D eigenvalue weighted by molar-refractivity contribution is 7.19. The van der Waals surface area contributed by atoms with Crippen molar-refractivity contribution >= 4 is 27.6 Å². The van der Waals surface area contributed by atoms with E-state index in [1.165, 1.54) is 0 Å². The smallest absolute Gasteiger partial charge is 0.432 e. The van der Waals surface area contributed by atoms with Gasteiger partial charge in [0.1, 0.15) is 6.61 Å². The highest BCUT2D eigenvalue weighted by Gasteiger charge is 2.08. The van der Waals surface area contributed by atoms with Crippen LogP contribution < -0.4 is 0 Å². The average Bonchev–Trinajstić information content (AvgIpc) is 2.68. The number of rotatable bonds is 3. The van der Waals surface area contributed by atoms with E-state index < -0.39 is 6.16 Å². The molecule has 0 aliphatic rings. The molecule has 0 aromatic carbocycles. The molecule has 0 aliphatic carbocycles. The Morgan fingerprint density at radius 3 is 3.06 bits per heavy atom. The quantitative estimate of drug-likeness (QED) is 0.785. The summed E-state index contributed by atoms with van der Waals surface area (Å²) in [6, 6.07) is 3.92. The number of nitrogens with zero attached hydrogens (tertiary/aromatic N) is 1. The van der Waals surface area contributed by atoms with Crippen molar-refractivity contribution in [3.63, 3.8) is 0 Å². The molecule has 90 valence electrons. The number of hydrogen-bond acceptors (Lipinski definition) is 5. The second-order valence-corrected chi connectivity index (χ2v) is 5.00. The maximum absolute atomic E-state index is 11.2. The van der Waals surface area contributed by atoms with Crippen LogP contribution in [0.5, 0.6) is 0 Å². The lowest BCUT2D eigenvalue weighted by atomic mass is 10.3. The zero-order valence-electron chi connectivity index (χ0n) is 9.67. The number of pyridine rings is 1. The van der Waals surface area contributed by atoms with Crippen molar-refractivity contribution in [2.24, 2.45) is 0 Å². The van der Waals surface area contributed by atoms with E-state index in [-0.39, 0.29) is 12.7 Å². The minimum atomic E-state index is -0.629. The summed E-state index contributed by atoms with van der Waals surface area (Å²) in [4.78, 5) is 16.2. The van der Waals surface area contributed by atoms with Crippen LogP contribution in [0.2, 0.25) is 0 Å². The summed E-state index contributed by atoms with van der Waals surface area (Å²) in [7, 11) is 0. The molecule has 0 amide bonds. The van der Waals surface area contributed by atoms with E-state index in [0.29, 0.717) is 0 Å². The first-order valence-corrected chi connectivity index (χ1v) is 6.12. The third-order valence-electron chi connectivity index (χ3n) is 2.04. The predicted octanol–water partition coefficient (Wildman–Crippen LogP) is 3.36. The summed E-state index contributed by atoms with van der Waals surface area (Å²) in [6.07, 6.45) is 2.76. The number of carbonyl (C=O) groups is 1. The summed E-state index contributed by atoms with van der Waals surface area (Å²) < 4.78 is 11.0. The van der Waals surface area contributed by atoms with E-state index in [1.54, 1.807) is 37.6 Å². The molecule has 0 N–H and O–H groups in total. The number of ether oxygens (including phenoxy) is 2. The Bertz CT molecular complexity index is 488. The molecular formula is C12H13NO3S. The Balaban J connectivity index is 1.97. The van der Waals surface area contributed by atoms with Gasteiger partial charge in [0.2, 0.25) is 0 Å². The number of fused-ring (bicyclic) bond motifs is 1. The van der Waals surface area contributed by atoms with Gasteiger partial charge in [-0.25, -0.2) is 4.79 Å². The van der Waals surface area contributed by atoms with Crippen LogP contribution >= 0.6 is 11.3 Å². The Labute approximate surface area is 103 Å². The van der Waals surface area contributed by atoms with Gasteiger partial charge in [0.15, 0.2) is 0 Å². The lowest BCUT2D eigenvalue weighted by Gasteiger charge is -2.07. The minimum Gasteiger partial charge on any atom is -0.432 e. The molecule has 2 aromatic rings. The van der Waals surface area contributed by atoms with Crippen molar-refractivity contribution in [3.8, 4) is 0 Å². The van der Waals surface area contributed by atoms with Gasteiger partial charge in [-0.15, -0.1) is 11.3 Å². The largest absolute Gasteiger partial charge is 0.508 e. The molecule has 2 rings (SSSR count). The maximum atomic E-state index is 11.2. The fourth-order valence-corrected chi connectivity index (χ4v) is 2.31. The van der Waals surface area contributed by atoms with Crippen molar-refractivity contribution in [1.29, 1.82) is 0 Å². The maximum Gasteiger partial charge on any atom is 0.508 e. The van der Waals surface area contributed by atoms with Crippen LogP contribution in [0.3, 0.4) is 0 Å². The van der Waals surface area contributed by atoms with Gasteiger partial charge >= 0.3 is 6.16 Å². The monoisotopic (exact) mass is 251 g/mol. The first-order valence-electron chi connectivity index (χ1n) is 5.31. The Morgan fingerprint density at radius 1 is 1.53 bits per heavy atom. The van der Waals surface area contributed by atoms with Gasteiger partial charge in [-0.05, 0) is 31.4 Å². The van der Waals surface area contributed by atoms with Crippen molar-refractivity contribution in [2.45, 2.75) is 26.6 Å². The van der Waals surface area contributed by atoms with Gasteiger partial charge in [0.05, 0.1) is 10.8 Å². The lowest BCUT2D eigenvalue weighted by molar-refractivity contribution is 0.0304. The second kappa shape index (κ2) is 5.14. The van der Waals surface area contributed by atoms with Crippen molar-refractivity contribution in [1.82, 2.24) is 4.98 Å². The average molecular weight is 251 g/mol. The molecule has 0 radical (unpaired) electrons. The molecular weight excluding hydrogens is 238 g/mol. The van der Waals surface area contributed by atoms with Gasteiger partial charge in [0.25, 0.3) is 0 Å². The minimum absolute atomic E-state index is 0.158. The standard InChI is InChI=1S/C12H13NO3S/c1-8(2)16-12(14)15-7-10-5-9-3-4-13-6-11(9)17-10/h3-6,8H,7H2,1-2H3. The van der Waals surface area contributed by atoms with Gasteiger partial charge in [-0.2, -0.15) is 0 Å². The number of thiophene rings is 1. The normalized spacial score (nSPS) is 10.8. The topological polar surface area (TPSA) is 48.4 Å². The molecule has 0 bridgehead atoms. The highest BCUT2D eigenvalue weighted by Crippen LogP contribution is 2.24.